The fourth-order valence-corrected chi connectivity index (χ4v) is 5.03. The monoisotopic (exact) mass is 451 g/mol. The fraction of sp³-hybridized carbons (Fsp3) is 0.208. The van der Waals surface area contributed by atoms with Crippen LogP contribution in [-0.4, -0.2) is 32.0 Å². The highest BCUT2D eigenvalue weighted by Crippen LogP contribution is 2.31. The molecule has 1 heterocycles. The third-order valence-electron chi connectivity index (χ3n) is 5.45. The van der Waals surface area contributed by atoms with Crippen LogP contribution in [0.2, 0.25) is 0 Å². The van der Waals surface area contributed by atoms with E-state index in [1.807, 2.05) is 30.3 Å². The number of para-hydroxylation sites is 1. The minimum atomic E-state index is -3.86. The first-order chi connectivity index (χ1) is 15.3. The van der Waals surface area contributed by atoms with E-state index in [-0.39, 0.29) is 4.90 Å². The van der Waals surface area contributed by atoms with Crippen LogP contribution < -0.4 is 14.8 Å². The van der Waals surface area contributed by atoms with E-state index < -0.39 is 22.0 Å². The number of amides is 1. The number of fused-ring (bicyclic) bond motifs is 3. The van der Waals surface area contributed by atoms with E-state index in [1.165, 1.54) is 26.2 Å². The Morgan fingerprint density at radius 3 is 2.38 bits per heavy atom. The van der Waals surface area contributed by atoms with Crippen LogP contribution >= 0.6 is 0 Å². The molecule has 0 unspecified atom stereocenters. The van der Waals surface area contributed by atoms with Crippen LogP contribution in [-0.2, 0) is 21.4 Å². The van der Waals surface area contributed by atoms with Crippen LogP contribution in [0, 0.1) is 0 Å². The second-order valence-corrected chi connectivity index (χ2v) is 9.22. The summed E-state index contributed by atoms with van der Waals surface area (Å²) < 4.78 is 34.9. The molecule has 32 heavy (non-hydrogen) atoms. The van der Waals surface area contributed by atoms with Gasteiger partial charge in [0.15, 0.2) is 0 Å². The van der Waals surface area contributed by atoms with Crippen LogP contribution in [0.4, 0.5) is 5.69 Å². The zero-order chi connectivity index (χ0) is 22.9. The number of methoxy groups -OCH3 is 1. The molecular weight excluding hydrogens is 426 g/mol. The standard InChI is InChI=1S/C24H25N3O4S/c1-4-27-22-8-6-5-7-20(22)21-15-17(9-14-23(21)27)25-24(28)16(2)26-32(29,30)19-12-10-18(31-3)11-13-19/h5-16,26H,4H2,1-3H3,(H,25,28)/t16-/m1/s1. The predicted octanol–water partition coefficient (Wildman–Crippen LogP) is 4.13. The van der Waals surface area contributed by atoms with E-state index in [4.69, 9.17) is 4.74 Å². The molecule has 1 amide bonds. The summed E-state index contributed by atoms with van der Waals surface area (Å²) in [6.07, 6.45) is 0. The minimum absolute atomic E-state index is 0.0618. The van der Waals surface area contributed by atoms with Gasteiger partial charge in [0.1, 0.15) is 5.75 Å². The summed E-state index contributed by atoms with van der Waals surface area (Å²) in [5.41, 5.74) is 2.83. The number of hydrogen-bond acceptors (Lipinski definition) is 4. The van der Waals surface area contributed by atoms with Crippen LogP contribution in [0.25, 0.3) is 21.8 Å². The van der Waals surface area contributed by atoms with Gasteiger partial charge in [0.05, 0.1) is 18.0 Å². The van der Waals surface area contributed by atoms with Crippen LogP contribution in [0.15, 0.2) is 71.6 Å². The maximum atomic E-state index is 12.7. The van der Waals surface area contributed by atoms with Crippen LogP contribution in [0.5, 0.6) is 5.75 Å². The lowest BCUT2D eigenvalue weighted by Gasteiger charge is -2.15. The first-order valence-corrected chi connectivity index (χ1v) is 11.8. The second-order valence-electron chi connectivity index (χ2n) is 7.50. The lowest BCUT2D eigenvalue weighted by atomic mass is 10.1. The Morgan fingerprint density at radius 1 is 1.00 bits per heavy atom. The van der Waals surface area contributed by atoms with Gasteiger partial charge in [0.25, 0.3) is 0 Å². The zero-order valence-electron chi connectivity index (χ0n) is 18.1. The number of aromatic nitrogens is 1. The van der Waals surface area contributed by atoms with Crippen LogP contribution in [0.3, 0.4) is 0 Å². The van der Waals surface area contributed by atoms with Crippen molar-refractivity contribution in [3.8, 4) is 5.75 Å². The van der Waals surface area contributed by atoms with Crippen molar-refractivity contribution in [1.82, 2.24) is 9.29 Å². The maximum absolute atomic E-state index is 12.7. The first kappa shape index (κ1) is 21.9. The number of carbonyl (C=O) groups is 1. The van der Waals surface area contributed by atoms with Gasteiger partial charge < -0.3 is 14.6 Å². The molecule has 0 spiro atoms. The van der Waals surface area contributed by atoms with Gasteiger partial charge >= 0.3 is 0 Å². The Bertz CT molecular complexity index is 1390. The third kappa shape index (κ3) is 4.06. The largest absolute Gasteiger partial charge is 0.497 e. The molecule has 3 aromatic carbocycles. The average Bonchev–Trinajstić information content (AvgIpc) is 3.11. The summed E-state index contributed by atoms with van der Waals surface area (Å²) >= 11 is 0. The SMILES string of the molecule is CCn1c2ccccc2c2cc(NC(=O)[C@@H](C)NS(=O)(=O)c3ccc(OC)cc3)ccc21. The molecule has 4 rings (SSSR count). The first-order valence-electron chi connectivity index (χ1n) is 10.3. The Morgan fingerprint density at radius 2 is 1.69 bits per heavy atom. The summed E-state index contributed by atoms with van der Waals surface area (Å²) in [7, 11) is -2.35. The van der Waals surface area contributed by atoms with Crippen molar-refractivity contribution in [2.24, 2.45) is 0 Å². The number of nitrogens with one attached hydrogen (secondary N) is 2. The number of anilines is 1. The molecule has 0 fully saturated rings. The number of benzene rings is 3. The average molecular weight is 452 g/mol. The van der Waals surface area contributed by atoms with Gasteiger partial charge in [-0.05, 0) is 62.4 Å². The molecule has 0 radical (unpaired) electrons. The Kier molecular flexibility index (Phi) is 5.90. The second kappa shape index (κ2) is 8.64. The molecular formula is C24H25N3O4S. The molecule has 7 nitrogen and oxygen atoms in total. The van der Waals surface area contributed by atoms with E-state index >= 15 is 0 Å². The maximum Gasteiger partial charge on any atom is 0.242 e. The van der Waals surface area contributed by atoms with Gasteiger partial charge in [0.2, 0.25) is 15.9 Å². The number of carbonyl (C=O) groups excluding carboxylic acids is 1. The smallest absolute Gasteiger partial charge is 0.242 e. The molecule has 166 valence electrons. The van der Waals surface area contributed by atoms with Gasteiger partial charge in [-0.3, -0.25) is 4.79 Å². The highest BCUT2D eigenvalue weighted by atomic mass is 32.2. The number of nitrogens with zero attached hydrogens (tertiary/aromatic N) is 1. The van der Waals surface area contributed by atoms with Crippen molar-refractivity contribution >= 4 is 43.4 Å². The topological polar surface area (TPSA) is 89.4 Å². The molecule has 4 aromatic rings. The van der Waals surface area contributed by atoms with E-state index in [9.17, 15) is 13.2 Å². The minimum Gasteiger partial charge on any atom is -0.497 e. The van der Waals surface area contributed by atoms with E-state index in [1.54, 1.807) is 12.1 Å². The molecule has 0 saturated carbocycles. The summed E-state index contributed by atoms with van der Waals surface area (Å²) in [5, 5.41) is 4.96. The number of ether oxygens (including phenoxy) is 1. The van der Waals surface area contributed by atoms with Crippen LogP contribution in [0.1, 0.15) is 13.8 Å². The van der Waals surface area contributed by atoms with Crippen molar-refractivity contribution < 1.29 is 17.9 Å². The van der Waals surface area contributed by atoms with Gasteiger partial charge in [-0.15, -0.1) is 0 Å². The number of aryl methyl sites for hydroxylation is 1. The summed E-state index contributed by atoms with van der Waals surface area (Å²) in [4.78, 5) is 12.8. The van der Waals surface area contributed by atoms with E-state index in [0.717, 1.165) is 28.4 Å². The Hall–Kier alpha value is -3.36. The fourth-order valence-electron chi connectivity index (χ4n) is 3.83. The zero-order valence-corrected chi connectivity index (χ0v) is 18.9. The van der Waals surface area contributed by atoms with Gasteiger partial charge in [-0.2, -0.15) is 4.72 Å². The molecule has 1 atom stereocenters. The number of rotatable bonds is 7. The predicted molar refractivity (Wildman–Crippen MR) is 127 cm³/mol. The molecule has 1 aromatic heterocycles. The molecule has 0 bridgehead atoms. The van der Waals surface area contributed by atoms with Crippen molar-refractivity contribution in [2.45, 2.75) is 31.3 Å². The molecule has 0 saturated heterocycles. The van der Waals surface area contributed by atoms with Gasteiger partial charge in [-0.1, -0.05) is 18.2 Å². The summed E-state index contributed by atoms with van der Waals surface area (Å²) in [5.74, 6) is 0.107. The molecule has 0 aliphatic carbocycles. The van der Waals surface area contributed by atoms with Crippen molar-refractivity contribution in [1.29, 1.82) is 0 Å². The molecule has 2 N–H and O–H groups in total. The van der Waals surface area contributed by atoms with Crippen molar-refractivity contribution in [2.75, 3.05) is 12.4 Å². The van der Waals surface area contributed by atoms with E-state index in [2.05, 4.69) is 33.7 Å². The Balaban J connectivity index is 1.54. The Labute approximate surface area is 187 Å². The van der Waals surface area contributed by atoms with Crippen molar-refractivity contribution in [3.63, 3.8) is 0 Å². The van der Waals surface area contributed by atoms with Gasteiger partial charge in [-0.25, -0.2) is 8.42 Å². The van der Waals surface area contributed by atoms with E-state index in [0.29, 0.717) is 11.4 Å². The third-order valence-corrected chi connectivity index (χ3v) is 7.01. The summed E-state index contributed by atoms with van der Waals surface area (Å²) in [6.45, 7) is 4.44. The highest BCUT2D eigenvalue weighted by molar-refractivity contribution is 7.89. The van der Waals surface area contributed by atoms with Gasteiger partial charge in [0, 0.05) is 34.0 Å². The molecule has 0 aliphatic rings. The summed E-state index contributed by atoms with van der Waals surface area (Å²) in [6, 6.07) is 18.9. The normalized spacial score (nSPS) is 12.7. The highest BCUT2D eigenvalue weighted by Gasteiger charge is 2.22. The number of sulfonamides is 1. The lowest BCUT2D eigenvalue weighted by molar-refractivity contribution is -0.117. The van der Waals surface area contributed by atoms with Crippen molar-refractivity contribution in [3.05, 3.63) is 66.7 Å². The lowest BCUT2D eigenvalue weighted by Crippen LogP contribution is -2.41. The number of hydrogen-bond donors (Lipinski definition) is 2. The molecule has 0 aliphatic heterocycles. The molecule has 8 heteroatoms. The quantitative estimate of drug-likeness (QED) is 0.442.